The molecule has 7 heteroatoms. The van der Waals surface area contributed by atoms with Crippen LogP contribution in [0, 0.1) is 3.57 Å². The Hall–Kier alpha value is -1.61. The second-order valence-corrected chi connectivity index (χ2v) is 7.74. The molecule has 0 saturated heterocycles. The lowest BCUT2D eigenvalue weighted by molar-refractivity contribution is 0.0955. The summed E-state index contributed by atoms with van der Waals surface area (Å²) >= 11 is 5.70. The molecule has 0 heterocycles. The number of hydrazone groups is 1. The monoisotopic (exact) mass is 530 g/mol. The molecule has 0 bridgehead atoms. The zero-order valence-corrected chi connectivity index (χ0v) is 18.5. The van der Waals surface area contributed by atoms with Crippen molar-refractivity contribution < 1.29 is 14.3 Å². The first-order valence-corrected chi connectivity index (χ1v) is 9.99. The SMILES string of the molecule is CCOc1cc(/C=N\NC(=O)c2ccc(I)cc2)cc(Br)c1OC(C)C. The van der Waals surface area contributed by atoms with Crippen molar-refractivity contribution in [3.05, 3.63) is 55.6 Å². The third-order valence-electron chi connectivity index (χ3n) is 3.17. The molecule has 26 heavy (non-hydrogen) atoms. The normalized spacial score (nSPS) is 11.0. The van der Waals surface area contributed by atoms with Gasteiger partial charge in [0.05, 0.1) is 23.4 Å². The third-order valence-corrected chi connectivity index (χ3v) is 4.48. The summed E-state index contributed by atoms with van der Waals surface area (Å²) in [6.45, 7) is 6.34. The summed E-state index contributed by atoms with van der Waals surface area (Å²) in [5, 5.41) is 4.03. The third kappa shape index (κ3) is 5.98. The molecule has 2 aromatic rings. The van der Waals surface area contributed by atoms with E-state index < -0.39 is 0 Å². The molecular weight excluding hydrogens is 511 g/mol. The summed E-state index contributed by atoms with van der Waals surface area (Å²) < 4.78 is 13.3. The van der Waals surface area contributed by atoms with Crippen LogP contribution in [0.25, 0.3) is 0 Å². The van der Waals surface area contributed by atoms with Crippen LogP contribution in [0.2, 0.25) is 0 Å². The van der Waals surface area contributed by atoms with Crippen molar-refractivity contribution in [3.63, 3.8) is 0 Å². The predicted octanol–water partition coefficient (Wildman–Crippen LogP) is 5.00. The molecule has 2 aromatic carbocycles. The standard InChI is InChI=1S/C19H20BrIN2O3/c1-4-25-17-10-13(9-16(20)18(17)26-12(2)3)11-22-23-19(24)14-5-7-15(21)8-6-14/h5-12H,4H2,1-3H3,(H,23,24)/b22-11-. The highest BCUT2D eigenvalue weighted by molar-refractivity contribution is 14.1. The number of carbonyl (C=O) groups excluding carboxylic acids is 1. The summed E-state index contributed by atoms with van der Waals surface area (Å²) in [7, 11) is 0. The Kier molecular flexibility index (Phi) is 7.89. The first-order valence-electron chi connectivity index (χ1n) is 8.12. The number of amides is 1. The summed E-state index contributed by atoms with van der Waals surface area (Å²) in [5.41, 5.74) is 3.86. The van der Waals surface area contributed by atoms with Crippen molar-refractivity contribution in [1.29, 1.82) is 0 Å². The molecule has 1 N–H and O–H groups in total. The summed E-state index contributed by atoms with van der Waals surface area (Å²) in [5.74, 6) is 1.02. The predicted molar refractivity (Wildman–Crippen MR) is 115 cm³/mol. The molecule has 1 amide bonds. The fraction of sp³-hybridized carbons (Fsp3) is 0.263. The lowest BCUT2D eigenvalue weighted by Gasteiger charge is -2.16. The van der Waals surface area contributed by atoms with E-state index in [1.807, 2.05) is 45.0 Å². The summed E-state index contributed by atoms with van der Waals surface area (Å²) in [6, 6.07) is 11.0. The second kappa shape index (κ2) is 9.91. The van der Waals surface area contributed by atoms with Crippen LogP contribution in [0.5, 0.6) is 11.5 Å². The molecule has 0 saturated carbocycles. The molecule has 0 fully saturated rings. The van der Waals surface area contributed by atoms with Gasteiger partial charge in [-0.2, -0.15) is 5.10 Å². The topological polar surface area (TPSA) is 59.9 Å². The van der Waals surface area contributed by atoms with E-state index in [0.717, 1.165) is 13.6 Å². The second-order valence-electron chi connectivity index (χ2n) is 5.64. The molecule has 0 spiro atoms. The van der Waals surface area contributed by atoms with Crippen LogP contribution in [-0.2, 0) is 0 Å². The smallest absolute Gasteiger partial charge is 0.271 e. The van der Waals surface area contributed by atoms with E-state index >= 15 is 0 Å². The molecule has 0 aliphatic carbocycles. The highest BCUT2D eigenvalue weighted by Gasteiger charge is 2.13. The molecule has 0 unspecified atom stereocenters. The van der Waals surface area contributed by atoms with Gasteiger partial charge >= 0.3 is 0 Å². The number of halogens is 2. The number of hydrogen-bond donors (Lipinski definition) is 1. The summed E-state index contributed by atoms with van der Waals surface area (Å²) in [6.07, 6.45) is 1.59. The zero-order valence-electron chi connectivity index (χ0n) is 14.8. The highest BCUT2D eigenvalue weighted by Crippen LogP contribution is 2.37. The van der Waals surface area contributed by atoms with Crippen molar-refractivity contribution >= 4 is 50.6 Å². The quantitative estimate of drug-likeness (QED) is 0.311. The maximum Gasteiger partial charge on any atom is 0.271 e. The summed E-state index contributed by atoms with van der Waals surface area (Å²) in [4.78, 5) is 12.1. The van der Waals surface area contributed by atoms with Crippen LogP contribution in [0.4, 0.5) is 0 Å². The van der Waals surface area contributed by atoms with Gasteiger partial charge in [0, 0.05) is 9.13 Å². The molecule has 0 atom stereocenters. The lowest BCUT2D eigenvalue weighted by Crippen LogP contribution is -2.17. The number of carbonyl (C=O) groups is 1. The maximum absolute atomic E-state index is 12.1. The van der Waals surface area contributed by atoms with Crippen LogP contribution < -0.4 is 14.9 Å². The molecular formula is C19H20BrIN2O3. The molecule has 5 nitrogen and oxygen atoms in total. The van der Waals surface area contributed by atoms with Gasteiger partial charge in [-0.15, -0.1) is 0 Å². The van der Waals surface area contributed by atoms with Gasteiger partial charge in [-0.05, 0) is 101 Å². The molecule has 0 aromatic heterocycles. The van der Waals surface area contributed by atoms with Gasteiger partial charge in [-0.25, -0.2) is 5.43 Å². The van der Waals surface area contributed by atoms with Crippen LogP contribution in [-0.4, -0.2) is 24.8 Å². The number of rotatable bonds is 7. The number of benzene rings is 2. The fourth-order valence-corrected chi connectivity index (χ4v) is 3.02. The molecule has 138 valence electrons. The van der Waals surface area contributed by atoms with E-state index in [-0.39, 0.29) is 12.0 Å². The number of nitrogens with one attached hydrogen (secondary N) is 1. The molecule has 0 radical (unpaired) electrons. The fourth-order valence-electron chi connectivity index (χ4n) is 2.11. The van der Waals surface area contributed by atoms with Crippen LogP contribution >= 0.6 is 38.5 Å². The van der Waals surface area contributed by atoms with Gasteiger partial charge in [-0.3, -0.25) is 4.79 Å². The highest BCUT2D eigenvalue weighted by atomic mass is 127. The number of hydrogen-bond acceptors (Lipinski definition) is 4. The minimum absolute atomic E-state index is 0.0262. The van der Waals surface area contributed by atoms with E-state index in [0.29, 0.717) is 23.7 Å². The molecule has 0 aliphatic heterocycles. The van der Waals surface area contributed by atoms with Crippen molar-refractivity contribution in [3.8, 4) is 11.5 Å². The largest absolute Gasteiger partial charge is 0.490 e. The molecule has 0 aliphatic rings. The van der Waals surface area contributed by atoms with Crippen LogP contribution in [0.3, 0.4) is 0 Å². The minimum atomic E-state index is -0.262. The van der Waals surface area contributed by atoms with E-state index in [1.54, 1.807) is 18.3 Å². The Balaban J connectivity index is 2.14. The van der Waals surface area contributed by atoms with Crippen LogP contribution in [0.15, 0.2) is 46.0 Å². The van der Waals surface area contributed by atoms with Crippen molar-refractivity contribution in [2.75, 3.05) is 6.61 Å². The Morgan fingerprint density at radius 1 is 1.31 bits per heavy atom. The first-order chi connectivity index (χ1) is 12.4. The first kappa shape index (κ1) is 20.7. The number of ether oxygens (including phenoxy) is 2. The zero-order chi connectivity index (χ0) is 19.1. The van der Waals surface area contributed by atoms with Gasteiger partial charge in [-0.1, -0.05) is 0 Å². The van der Waals surface area contributed by atoms with Crippen LogP contribution in [0.1, 0.15) is 36.7 Å². The Morgan fingerprint density at radius 3 is 2.62 bits per heavy atom. The van der Waals surface area contributed by atoms with Crippen molar-refractivity contribution in [2.45, 2.75) is 26.9 Å². The average Bonchev–Trinajstić information content (AvgIpc) is 2.58. The Labute approximate surface area is 175 Å². The molecule has 2 rings (SSSR count). The van der Waals surface area contributed by atoms with Crippen molar-refractivity contribution in [2.24, 2.45) is 5.10 Å². The van der Waals surface area contributed by atoms with E-state index in [1.165, 1.54) is 0 Å². The average molecular weight is 531 g/mol. The lowest BCUT2D eigenvalue weighted by atomic mass is 10.2. The van der Waals surface area contributed by atoms with Gasteiger partial charge < -0.3 is 9.47 Å². The van der Waals surface area contributed by atoms with Gasteiger partial charge in [0.15, 0.2) is 11.5 Å². The van der Waals surface area contributed by atoms with E-state index in [9.17, 15) is 4.79 Å². The van der Waals surface area contributed by atoms with Crippen molar-refractivity contribution in [1.82, 2.24) is 5.43 Å². The van der Waals surface area contributed by atoms with Gasteiger partial charge in [0.2, 0.25) is 0 Å². The van der Waals surface area contributed by atoms with Gasteiger partial charge in [0.25, 0.3) is 5.91 Å². The minimum Gasteiger partial charge on any atom is -0.490 e. The van der Waals surface area contributed by atoms with Gasteiger partial charge in [0.1, 0.15) is 0 Å². The Bertz CT molecular complexity index is 792. The van der Waals surface area contributed by atoms with E-state index in [2.05, 4.69) is 49.0 Å². The Morgan fingerprint density at radius 2 is 2.00 bits per heavy atom. The maximum atomic E-state index is 12.1. The van der Waals surface area contributed by atoms with E-state index in [4.69, 9.17) is 9.47 Å². The number of nitrogens with zero attached hydrogens (tertiary/aromatic N) is 1.